The number of fused-ring (bicyclic) bond motifs is 1. The van der Waals surface area contributed by atoms with Gasteiger partial charge in [-0.15, -0.1) is 17.9 Å². The van der Waals surface area contributed by atoms with E-state index >= 15 is 0 Å². The van der Waals surface area contributed by atoms with Crippen LogP contribution in [0.25, 0.3) is 21.6 Å². The van der Waals surface area contributed by atoms with E-state index in [1.165, 1.54) is 22.3 Å². The van der Waals surface area contributed by atoms with Gasteiger partial charge in [0.15, 0.2) is 0 Å². The first-order chi connectivity index (χ1) is 26.2. The number of amides is 5. The SMILES string of the molecule is C=C[C@@H]1C[C@]1(NC(=O)[C@@H]1[C@H](C)[C@@H](Oc2cc(-c3nc(C(C)C)cs3)nc3c(C)c(OC)ccc23)CN1C(=O)[C@@H](NC(=O)OC(C)(C)C)C(=C)C)C(=O)NC(=O)O. The second-order valence-corrected chi connectivity index (χ2v) is 16.5. The van der Waals surface area contributed by atoms with Gasteiger partial charge in [0.25, 0.3) is 5.91 Å². The molecule has 1 aliphatic heterocycles. The van der Waals surface area contributed by atoms with E-state index in [1.807, 2.05) is 29.8 Å². The smallest absolute Gasteiger partial charge is 0.411 e. The van der Waals surface area contributed by atoms with Crippen LogP contribution in [-0.2, 0) is 19.1 Å². The summed E-state index contributed by atoms with van der Waals surface area (Å²) in [5.41, 5.74) is 0.689. The number of pyridine rings is 1. The number of nitrogens with one attached hydrogen (secondary N) is 3. The third-order valence-electron chi connectivity index (χ3n) is 10.00. The number of nitrogens with zero attached hydrogens (tertiary/aromatic N) is 3. The molecule has 5 rings (SSSR count). The van der Waals surface area contributed by atoms with Gasteiger partial charge in [-0.2, -0.15) is 0 Å². The number of methoxy groups -OCH3 is 1. The number of thiazole rings is 1. The number of ether oxygens (including phenoxy) is 3. The highest BCUT2D eigenvalue weighted by molar-refractivity contribution is 7.13. The molecule has 1 saturated carbocycles. The second-order valence-electron chi connectivity index (χ2n) is 15.7. The van der Waals surface area contributed by atoms with Gasteiger partial charge < -0.3 is 34.9 Å². The topological polar surface area (TPSA) is 198 Å². The van der Waals surface area contributed by atoms with Crippen molar-refractivity contribution in [3.63, 3.8) is 0 Å². The molecule has 1 aromatic carbocycles. The summed E-state index contributed by atoms with van der Waals surface area (Å²) in [6.07, 6.45) is -1.67. The Kier molecular flexibility index (Phi) is 11.8. The number of likely N-dealkylation sites (tertiary alicyclic amines) is 1. The fraction of sp³-hybridized carbons (Fsp3) is 0.475. The average molecular weight is 791 g/mol. The molecule has 5 amide bonds. The maximum Gasteiger partial charge on any atom is 0.411 e. The number of hydrogen-bond acceptors (Lipinski definition) is 11. The van der Waals surface area contributed by atoms with Crippen molar-refractivity contribution in [2.24, 2.45) is 11.8 Å². The first kappa shape index (κ1) is 41.6. The molecule has 1 aliphatic carbocycles. The summed E-state index contributed by atoms with van der Waals surface area (Å²) in [6, 6.07) is 2.90. The first-order valence-electron chi connectivity index (χ1n) is 18.3. The standard InChI is InChI=1S/C40H50N6O9S/c1-12-23-16-40(23,36(49)44-37(50)51)45-33(47)32-22(7)29(17-46(32)35(48)30(20(4)5)43-38(52)55-39(8,9)10)54-28-15-25(34-42-26(18-56-34)19(2)3)41-31-21(6)27(53-11)14-13-24(28)31/h12-15,18-19,22-23,29-30,32H,1,4,16-17H2,2-3,5-11H3,(H,43,52)(H,44,49)(H,45,47)(H,50,51)/t22-,23-,29+,30+,32+,40-/m1/s1. The van der Waals surface area contributed by atoms with E-state index in [0.29, 0.717) is 33.1 Å². The third-order valence-corrected chi connectivity index (χ3v) is 10.9. The Labute approximate surface area is 329 Å². The highest BCUT2D eigenvalue weighted by atomic mass is 32.1. The van der Waals surface area contributed by atoms with Crippen molar-refractivity contribution in [2.45, 2.75) is 97.1 Å². The minimum Gasteiger partial charge on any atom is -0.496 e. The van der Waals surface area contributed by atoms with Crippen molar-refractivity contribution in [3.05, 3.63) is 59.6 Å². The van der Waals surface area contributed by atoms with Crippen LogP contribution in [-0.4, -0.2) is 92.9 Å². The molecule has 4 N–H and O–H groups in total. The van der Waals surface area contributed by atoms with Crippen molar-refractivity contribution in [2.75, 3.05) is 13.7 Å². The molecule has 0 spiro atoms. The largest absolute Gasteiger partial charge is 0.496 e. The number of aromatic nitrogens is 2. The van der Waals surface area contributed by atoms with Gasteiger partial charge in [0.1, 0.15) is 51.5 Å². The fourth-order valence-corrected chi connectivity index (χ4v) is 7.82. The van der Waals surface area contributed by atoms with Crippen molar-refractivity contribution < 1.29 is 43.3 Å². The zero-order chi connectivity index (χ0) is 41.4. The van der Waals surface area contributed by atoms with Crippen LogP contribution in [0.5, 0.6) is 11.5 Å². The lowest BCUT2D eigenvalue weighted by Gasteiger charge is -2.31. The van der Waals surface area contributed by atoms with Gasteiger partial charge >= 0.3 is 12.2 Å². The van der Waals surface area contributed by atoms with Gasteiger partial charge in [0, 0.05) is 34.2 Å². The van der Waals surface area contributed by atoms with Gasteiger partial charge in [-0.1, -0.05) is 33.4 Å². The van der Waals surface area contributed by atoms with E-state index in [1.54, 1.807) is 47.8 Å². The summed E-state index contributed by atoms with van der Waals surface area (Å²) in [7, 11) is 1.58. The molecule has 3 aromatic rings. The molecule has 56 heavy (non-hydrogen) atoms. The Morgan fingerprint density at radius 2 is 1.84 bits per heavy atom. The van der Waals surface area contributed by atoms with E-state index in [9.17, 15) is 29.1 Å². The van der Waals surface area contributed by atoms with Crippen molar-refractivity contribution >= 4 is 52.1 Å². The molecule has 3 heterocycles. The van der Waals surface area contributed by atoms with Crippen LogP contribution in [0, 0.1) is 18.8 Å². The molecule has 2 aliphatic rings. The number of imide groups is 1. The van der Waals surface area contributed by atoms with Gasteiger partial charge in [-0.25, -0.2) is 19.6 Å². The van der Waals surface area contributed by atoms with Gasteiger partial charge in [-0.05, 0) is 64.7 Å². The molecular formula is C40H50N6O9S. The highest BCUT2D eigenvalue weighted by Crippen LogP contribution is 2.45. The molecule has 2 fully saturated rings. The van der Waals surface area contributed by atoms with Gasteiger partial charge in [0.05, 0.1) is 24.9 Å². The number of carboxylic acid groups (broad SMARTS) is 1. The molecule has 0 radical (unpaired) electrons. The number of carbonyl (C=O) groups excluding carboxylic acids is 4. The monoisotopic (exact) mass is 790 g/mol. The van der Waals surface area contributed by atoms with Crippen LogP contribution in [0.3, 0.4) is 0 Å². The van der Waals surface area contributed by atoms with Crippen LogP contribution in [0.15, 0.2) is 48.4 Å². The quantitative estimate of drug-likeness (QED) is 0.164. The molecule has 0 bridgehead atoms. The molecule has 300 valence electrons. The molecule has 6 atom stereocenters. The number of aryl methyl sites for hydroxylation is 1. The van der Waals surface area contributed by atoms with E-state index in [4.69, 9.17) is 24.2 Å². The lowest BCUT2D eigenvalue weighted by molar-refractivity contribution is -0.141. The molecule has 1 saturated heterocycles. The van der Waals surface area contributed by atoms with Gasteiger partial charge in [0.2, 0.25) is 11.8 Å². The predicted molar refractivity (Wildman–Crippen MR) is 211 cm³/mol. The number of alkyl carbamates (subject to hydrolysis) is 1. The van der Waals surface area contributed by atoms with E-state index < -0.39 is 71.1 Å². The van der Waals surface area contributed by atoms with E-state index in [0.717, 1.165) is 11.3 Å². The van der Waals surface area contributed by atoms with Crippen molar-refractivity contribution in [3.8, 4) is 22.2 Å². The van der Waals surface area contributed by atoms with Crippen molar-refractivity contribution in [1.29, 1.82) is 0 Å². The Balaban J connectivity index is 1.57. The van der Waals surface area contributed by atoms with Crippen molar-refractivity contribution in [1.82, 2.24) is 30.8 Å². The number of carbonyl (C=O) groups is 5. The maximum atomic E-state index is 14.5. The molecule has 0 unspecified atom stereocenters. The second kappa shape index (κ2) is 15.9. The van der Waals surface area contributed by atoms with Crippen LogP contribution >= 0.6 is 11.3 Å². The first-order valence-corrected chi connectivity index (χ1v) is 19.1. The maximum absolute atomic E-state index is 14.5. The Morgan fingerprint density at radius 3 is 2.39 bits per heavy atom. The molecular weight excluding hydrogens is 741 g/mol. The van der Waals surface area contributed by atoms with Gasteiger partial charge in [-0.3, -0.25) is 19.7 Å². The zero-order valence-corrected chi connectivity index (χ0v) is 34.0. The summed E-state index contributed by atoms with van der Waals surface area (Å²) < 4.78 is 17.8. The highest BCUT2D eigenvalue weighted by Gasteiger charge is 2.61. The molecule has 15 nitrogen and oxygen atoms in total. The Morgan fingerprint density at radius 1 is 1.14 bits per heavy atom. The summed E-state index contributed by atoms with van der Waals surface area (Å²) in [5.74, 6) is -2.31. The fourth-order valence-electron chi connectivity index (χ4n) is 6.88. The summed E-state index contributed by atoms with van der Waals surface area (Å²) in [4.78, 5) is 77.5. The number of rotatable bonds is 12. The average Bonchev–Trinajstić information content (AvgIpc) is 3.41. The lowest BCUT2D eigenvalue weighted by atomic mass is 9.98. The van der Waals surface area contributed by atoms with Crippen LogP contribution in [0.4, 0.5) is 9.59 Å². The van der Waals surface area contributed by atoms with Crippen LogP contribution in [0.2, 0.25) is 0 Å². The normalized spacial score (nSPS) is 22.2. The Hall–Kier alpha value is -5.51. The molecule has 16 heteroatoms. The molecule has 2 aromatic heterocycles. The predicted octanol–water partition coefficient (Wildman–Crippen LogP) is 5.72. The summed E-state index contributed by atoms with van der Waals surface area (Å²) in [6.45, 7) is 21.9. The minimum absolute atomic E-state index is 0.106. The van der Waals surface area contributed by atoms with Crippen LogP contribution < -0.4 is 25.4 Å². The van der Waals surface area contributed by atoms with Crippen LogP contribution in [0.1, 0.15) is 72.1 Å². The summed E-state index contributed by atoms with van der Waals surface area (Å²) in [5, 5.41) is 19.8. The summed E-state index contributed by atoms with van der Waals surface area (Å²) >= 11 is 1.45. The minimum atomic E-state index is -1.59. The Bertz CT molecular complexity index is 2090. The number of benzene rings is 1. The van der Waals surface area contributed by atoms with E-state index in [2.05, 4.69) is 37.6 Å². The zero-order valence-electron chi connectivity index (χ0n) is 33.1. The lowest BCUT2D eigenvalue weighted by Crippen LogP contribution is -2.59. The van der Waals surface area contributed by atoms with E-state index in [-0.39, 0.29) is 24.5 Å². The number of hydrogen-bond donors (Lipinski definition) is 4. The third kappa shape index (κ3) is 8.49.